The van der Waals surface area contributed by atoms with Gasteiger partial charge in [-0.1, -0.05) is 36.4 Å². The van der Waals surface area contributed by atoms with Crippen molar-refractivity contribution in [3.05, 3.63) is 72.3 Å². The van der Waals surface area contributed by atoms with Crippen molar-refractivity contribution in [3.8, 4) is 11.4 Å². The highest BCUT2D eigenvalue weighted by Gasteiger charge is 2.22. The molecule has 4 rings (SSSR count). The van der Waals surface area contributed by atoms with E-state index in [1.54, 1.807) is 0 Å². The molecular formula is C22H26N4. The van der Waals surface area contributed by atoms with Gasteiger partial charge in [-0.2, -0.15) is 0 Å². The molecule has 0 amide bonds. The summed E-state index contributed by atoms with van der Waals surface area (Å²) in [4.78, 5) is 11.5. The Hall–Kier alpha value is -2.46. The van der Waals surface area contributed by atoms with Crippen molar-refractivity contribution in [1.29, 1.82) is 0 Å². The molecule has 3 heterocycles. The topological polar surface area (TPSA) is 34.0 Å². The molecule has 0 aliphatic carbocycles. The van der Waals surface area contributed by atoms with Crippen molar-refractivity contribution < 1.29 is 0 Å². The summed E-state index contributed by atoms with van der Waals surface area (Å²) in [5.41, 5.74) is 3.74. The van der Waals surface area contributed by atoms with Crippen LogP contribution < -0.4 is 0 Å². The Labute approximate surface area is 155 Å². The fraction of sp³-hybridized carbons (Fsp3) is 0.364. The molecule has 0 saturated carbocycles. The first kappa shape index (κ1) is 17.0. The maximum absolute atomic E-state index is 4.68. The first-order valence-corrected chi connectivity index (χ1v) is 9.48. The van der Waals surface area contributed by atoms with Crippen LogP contribution in [0.25, 0.3) is 11.4 Å². The van der Waals surface area contributed by atoms with Gasteiger partial charge in [0.15, 0.2) is 0 Å². The summed E-state index contributed by atoms with van der Waals surface area (Å²) in [6, 6.07) is 14.7. The van der Waals surface area contributed by atoms with E-state index < -0.39 is 0 Å². The molecule has 1 saturated heterocycles. The van der Waals surface area contributed by atoms with E-state index in [1.165, 1.54) is 36.2 Å². The summed E-state index contributed by atoms with van der Waals surface area (Å²) >= 11 is 0. The fourth-order valence-corrected chi connectivity index (χ4v) is 3.96. The third-order valence-electron chi connectivity index (χ3n) is 5.26. The molecule has 0 bridgehead atoms. The molecule has 26 heavy (non-hydrogen) atoms. The second-order valence-corrected chi connectivity index (χ2v) is 7.30. The lowest BCUT2D eigenvalue weighted by Crippen LogP contribution is -2.36. The third-order valence-corrected chi connectivity index (χ3v) is 5.26. The molecule has 0 N–H and O–H groups in total. The fourth-order valence-electron chi connectivity index (χ4n) is 3.96. The van der Waals surface area contributed by atoms with Gasteiger partial charge in [-0.3, -0.25) is 9.88 Å². The average molecular weight is 346 g/mol. The molecule has 1 aliphatic heterocycles. The van der Waals surface area contributed by atoms with Gasteiger partial charge in [-0.15, -0.1) is 0 Å². The van der Waals surface area contributed by atoms with Crippen LogP contribution in [0.5, 0.6) is 0 Å². The Balaban J connectivity index is 1.47. The summed E-state index contributed by atoms with van der Waals surface area (Å²) in [5, 5.41) is 0. The number of likely N-dealkylation sites (tertiary alicyclic amines) is 1. The summed E-state index contributed by atoms with van der Waals surface area (Å²) in [7, 11) is 0. The minimum Gasteiger partial charge on any atom is -0.328 e. The second kappa shape index (κ2) is 7.83. The Morgan fingerprint density at radius 2 is 1.96 bits per heavy atom. The summed E-state index contributed by atoms with van der Waals surface area (Å²) in [6.07, 6.45) is 8.37. The minimum atomic E-state index is 0.663. The van der Waals surface area contributed by atoms with Crippen molar-refractivity contribution in [3.63, 3.8) is 0 Å². The maximum atomic E-state index is 4.68. The van der Waals surface area contributed by atoms with Gasteiger partial charge in [0, 0.05) is 49.5 Å². The predicted molar refractivity (Wildman–Crippen MR) is 105 cm³/mol. The zero-order chi connectivity index (χ0) is 17.8. The lowest BCUT2D eigenvalue weighted by atomic mass is 9.97. The normalized spacial score (nSPS) is 18.1. The first-order valence-electron chi connectivity index (χ1n) is 9.48. The van der Waals surface area contributed by atoms with Crippen LogP contribution in [0.2, 0.25) is 0 Å². The van der Waals surface area contributed by atoms with Gasteiger partial charge in [0.25, 0.3) is 0 Å². The highest BCUT2D eigenvalue weighted by atomic mass is 15.1. The van der Waals surface area contributed by atoms with Gasteiger partial charge in [0.2, 0.25) is 0 Å². The number of aromatic nitrogens is 3. The van der Waals surface area contributed by atoms with Gasteiger partial charge in [0.05, 0.1) is 0 Å². The lowest BCUT2D eigenvalue weighted by Gasteiger charge is -2.33. The standard InChI is InChI=1S/C22H26N4/c1-18-13-24-22(21-9-3-2-4-10-21)26(18)17-20-8-6-12-25(16-20)15-19-7-5-11-23-14-19/h2-5,7,9-11,13-14,20H,6,8,12,15-17H2,1H3. The van der Waals surface area contributed by atoms with Crippen LogP contribution in [0.4, 0.5) is 0 Å². The maximum Gasteiger partial charge on any atom is 0.140 e. The largest absolute Gasteiger partial charge is 0.328 e. The molecular weight excluding hydrogens is 320 g/mol. The highest BCUT2D eigenvalue weighted by molar-refractivity contribution is 5.55. The van der Waals surface area contributed by atoms with Crippen molar-refractivity contribution in [2.45, 2.75) is 32.9 Å². The van der Waals surface area contributed by atoms with E-state index in [9.17, 15) is 0 Å². The summed E-state index contributed by atoms with van der Waals surface area (Å²) in [5.74, 6) is 1.75. The zero-order valence-electron chi connectivity index (χ0n) is 15.4. The van der Waals surface area contributed by atoms with Crippen molar-refractivity contribution >= 4 is 0 Å². The first-order chi connectivity index (χ1) is 12.8. The van der Waals surface area contributed by atoms with E-state index in [-0.39, 0.29) is 0 Å². The Morgan fingerprint density at radius 3 is 2.77 bits per heavy atom. The Morgan fingerprint density at radius 1 is 1.08 bits per heavy atom. The number of aryl methyl sites for hydroxylation is 1. The molecule has 4 nitrogen and oxygen atoms in total. The van der Waals surface area contributed by atoms with Crippen LogP contribution in [0.3, 0.4) is 0 Å². The Bertz CT molecular complexity index is 826. The summed E-state index contributed by atoms with van der Waals surface area (Å²) < 4.78 is 2.40. The van der Waals surface area contributed by atoms with Crippen LogP contribution in [0.15, 0.2) is 61.1 Å². The van der Waals surface area contributed by atoms with Gasteiger partial charge < -0.3 is 4.57 Å². The molecule has 0 spiro atoms. The average Bonchev–Trinajstić information content (AvgIpc) is 3.04. The van der Waals surface area contributed by atoms with Crippen LogP contribution in [-0.2, 0) is 13.1 Å². The zero-order valence-corrected chi connectivity index (χ0v) is 15.4. The van der Waals surface area contributed by atoms with Gasteiger partial charge in [-0.25, -0.2) is 4.98 Å². The number of hydrogen-bond donors (Lipinski definition) is 0. The van der Waals surface area contributed by atoms with E-state index in [0.717, 1.165) is 25.5 Å². The van der Waals surface area contributed by atoms with Crippen molar-refractivity contribution in [2.75, 3.05) is 13.1 Å². The molecule has 3 aromatic rings. The molecule has 1 unspecified atom stereocenters. The number of hydrogen-bond acceptors (Lipinski definition) is 3. The SMILES string of the molecule is Cc1cnc(-c2ccccc2)n1CC1CCCN(Cc2cccnc2)C1. The van der Waals surface area contributed by atoms with Gasteiger partial charge >= 0.3 is 0 Å². The van der Waals surface area contributed by atoms with Crippen LogP contribution in [0, 0.1) is 12.8 Å². The van der Waals surface area contributed by atoms with E-state index in [4.69, 9.17) is 0 Å². The molecule has 2 aromatic heterocycles. The number of rotatable bonds is 5. The molecule has 1 atom stereocenters. The monoisotopic (exact) mass is 346 g/mol. The molecule has 134 valence electrons. The molecule has 4 heteroatoms. The second-order valence-electron chi connectivity index (χ2n) is 7.30. The quantitative estimate of drug-likeness (QED) is 0.695. The number of nitrogens with zero attached hydrogens (tertiary/aromatic N) is 4. The number of benzene rings is 1. The van der Waals surface area contributed by atoms with Crippen molar-refractivity contribution in [2.24, 2.45) is 5.92 Å². The third kappa shape index (κ3) is 3.86. The van der Waals surface area contributed by atoms with Crippen molar-refractivity contribution in [1.82, 2.24) is 19.4 Å². The minimum absolute atomic E-state index is 0.663. The smallest absolute Gasteiger partial charge is 0.140 e. The Kier molecular flexibility index (Phi) is 5.12. The van der Waals surface area contributed by atoms with Crippen LogP contribution in [0.1, 0.15) is 24.1 Å². The summed E-state index contributed by atoms with van der Waals surface area (Å²) in [6.45, 7) is 6.52. The molecule has 1 fully saturated rings. The van der Waals surface area contributed by atoms with E-state index in [0.29, 0.717) is 5.92 Å². The molecule has 0 radical (unpaired) electrons. The van der Waals surface area contributed by atoms with Crippen LogP contribution >= 0.6 is 0 Å². The van der Waals surface area contributed by atoms with Gasteiger partial charge in [-0.05, 0) is 43.9 Å². The predicted octanol–water partition coefficient (Wildman–Crippen LogP) is 4.17. The number of pyridine rings is 1. The molecule has 1 aliphatic rings. The highest BCUT2D eigenvalue weighted by Crippen LogP contribution is 2.25. The number of imidazole rings is 1. The van der Waals surface area contributed by atoms with Crippen LogP contribution in [-0.4, -0.2) is 32.5 Å². The van der Waals surface area contributed by atoms with Gasteiger partial charge in [0.1, 0.15) is 5.82 Å². The van der Waals surface area contributed by atoms with E-state index >= 15 is 0 Å². The van der Waals surface area contributed by atoms with E-state index in [2.05, 4.69) is 62.8 Å². The van der Waals surface area contributed by atoms with E-state index in [1.807, 2.05) is 24.7 Å². The lowest BCUT2D eigenvalue weighted by molar-refractivity contribution is 0.156. The molecule has 1 aromatic carbocycles. The number of piperidine rings is 1.